The summed E-state index contributed by atoms with van der Waals surface area (Å²) in [6, 6.07) is 3.80. The third-order valence-electron chi connectivity index (χ3n) is 2.23. The van der Waals surface area contributed by atoms with Gasteiger partial charge in [0.2, 0.25) is 12.5 Å². The Morgan fingerprint density at radius 1 is 1.40 bits per heavy atom. The molecule has 0 saturated heterocycles. The van der Waals surface area contributed by atoms with E-state index in [0.29, 0.717) is 30.3 Å². The third-order valence-corrected chi connectivity index (χ3v) is 2.23. The summed E-state index contributed by atoms with van der Waals surface area (Å²) in [5.41, 5.74) is 1.04. The van der Waals surface area contributed by atoms with E-state index in [9.17, 15) is 0 Å². The van der Waals surface area contributed by atoms with Crippen LogP contribution in [0.5, 0.6) is 17.2 Å². The Bertz CT molecular complexity index is 354. The highest BCUT2D eigenvalue weighted by Crippen LogP contribution is 2.41. The average molecular weight is 211 g/mol. The normalized spacial score (nSPS) is 12.9. The summed E-state index contributed by atoms with van der Waals surface area (Å²) in [4.78, 5) is 4.53. The minimum Gasteiger partial charge on any atom is -0.493 e. The number of rotatable bonds is 4. The van der Waals surface area contributed by atoms with Crippen molar-refractivity contribution in [2.45, 2.75) is 6.42 Å². The molecule has 0 radical (unpaired) electrons. The number of benzene rings is 1. The average Bonchev–Trinajstić information content (AvgIpc) is 2.73. The maximum absolute atomic E-state index is 5.29. The van der Waals surface area contributed by atoms with Crippen LogP contribution >= 0.6 is 0 Å². The Kier molecular flexibility index (Phi) is 2.94. The van der Waals surface area contributed by atoms with Gasteiger partial charge in [0.15, 0.2) is 11.5 Å². The van der Waals surface area contributed by atoms with Gasteiger partial charge in [-0.1, -0.05) is 0 Å². The SMILES string of the molecule is COc1cc(CCON)cc2c1OCO2. The van der Waals surface area contributed by atoms with E-state index in [-0.39, 0.29) is 6.79 Å². The van der Waals surface area contributed by atoms with Crippen molar-refractivity contribution in [1.29, 1.82) is 0 Å². The molecule has 1 aromatic rings. The van der Waals surface area contributed by atoms with Gasteiger partial charge in [0.05, 0.1) is 13.7 Å². The highest BCUT2D eigenvalue weighted by atomic mass is 16.7. The zero-order valence-electron chi connectivity index (χ0n) is 8.49. The van der Waals surface area contributed by atoms with Gasteiger partial charge in [-0.25, -0.2) is 5.90 Å². The Labute approximate surface area is 87.6 Å². The highest BCUT2D eigenvalue weighted by Gasteiger charge is 2.19. The molecule has 0 amide bonds. The van der Waals surface area contributed by atoms with Crippen molar-refractivity contribution in [3.8, 4) is 17.2 Å². The molecule has 15 heavy (non-hydrogen) atoms. The molecule has 0 aliphatic carbocycles. The monoisotopic (exact) mass is 211 g/mol. The van der Waals surface area contributed by atoms with Crippen molar-refractivity contribution >= 4 is 0 Å². The highest BCUT2D eigenvalue weighted by molar-refractivity contribution is 5.55. The van der Waals surface area contributed by atoms with E-state index < -0.39 is 0 Å². The topological polar surface area (TPSA) is 62.9 Å². The maximum Gasteiger partial charge on any atom is 0.231 e. The van der Waals surface area contributed by atoms with E-state index in [4.69, 9.17) is 20.1 Å². The van der Waals surface area contributed by atoms with Crippen molar-refractivity contribution in [3.63, 3.8) is 0 Å². The van der Waals surface area contributed by atoms with Crippen LogP contribution in [-0.4, -0.2) is 20.5 Å². The van der Waals surface area contributed by atoms with Gasteiger partial charge < -0.3 is 19.0 Å². The second-order valence-electron chi connectivity index (χ2n) is 3.15. The van der Waals surface area contributed by atoms with Crippen molar-refractivity contribution in [2.24, 2.45) is 5.90 Å². The van der Waals surface area contributed by atoms with Crippen molar-refractivity contribution in [2.75, 3.05) is 20.5 Å². The Hall–Kier alpha value is -1.46. The van der Waals surface area contributed by atoms with Gasteiger partial charge in [-0.15, -0.1) is 0 Å². The molecule has 82 valence electrons. The van der Waals surface area contributed by atoms with Crippen LogP contribution in [0.25, 0.3) is 0 Å². The first-order chi connectivity index (χ1) is 7.35. The summed E-state index contributed by atoms with van der Waals surface area (Å²) in [6.07, 6.45) is 0.712. The van der Waals surface area contributed by atoms with Gasteiger partial charge in [-0.2, -0.15) is 0 Å². The molecule has 1 aliphatic rings. The molecule has 0 aromatic heterocycles. The number of hydrogen-bond acceptors (Lipinski definition) is 5. The van der Waals surface area contributed by atoms with Crippen LogP contribution in [-0.2, 0) is 11.3 Å². The fraction of sp³-hybridized carbons (Fsp3) is 0.400. The molecule has 1 heterocycles. The van der Waals surface area contributed by atoms with Crippen LogP contribution in [0.3, 0.4) is 0 Å². The van der Waals surface area contributed by atoms with Crippen LogP contribution in [0, 0.1) is 0 Å². The summed E-state index contributed by atoms with van der Waals surface area (Å²) in [5, 5.41) is 0. The van der Waals surface area contributed by atoms with E-state index in [2.05, 4.69) is 4.84 Å². The lowest BCUT2D eigenvalue weighted by Crippen LogP contribution is -2.03. The largest absolute Gasteiger partial charge is 0.493 e. The molecule has 0 atom stereocenters. The van der Waals surface area contributed by atoms with Gasteiger partial charge in [-0.3, -0.25) is 0 Å². The first kappa shape index (κ1) is 10.1. The summed E-state index contributed by atoms with van der Waals surface area (Å²) in [6.45, 7) is 0.700. The molecule has 1 aromatic carbocycles. The van der Waals surface area contributed by atoms with Crippen molar-refractivity contribution in [3.05, 3.63) is 17.7 Å². The van der Waals surface area contributed by atoms with Gasteiger partial charge in [-0.05, 0) is 24.1 Å². The van der Waals surface area contributed by atoms with Gasteiger partial charge in [0, 0.05) is 0 Å². The third kappa shape index (κ3) is 1.98. The van der Waals surface area contributed by atoms with Gasteiger partial charge in [0.1, 0.15) is 0 Å². The van der Waals surface area contributed by atoms with E-state index in [1.54, 1.807) is 7.11 Å². The molecule has 0 unspecified atom stereocenters. The molecule has 0 bridgehead atoms. The Morgan fingerprint density at radius 3 is 3.00 bits per heavy atom. The van der Waals surface area contributed by atoms with Crippen LogP contribution < -0.4 is 20.1 Å². The number of nitrogens with two attached hydrogens (primary N) is 1. The molecular weight excluding hydrogens is 198 g/mol. The van der Waals surface area contributed by atoms with Crippen LogP contribution in [0.15, 0.2) is 12.1 Å². The first-order valence-corrected chi connectivity index (χ1v) is 4.63. The Morgan fingerprint density at radius 2 is 2.27 bits per heavy atom. The van der Waals surface area contributed by atoms with E-state index >= 15 is 0 Å². The number of fused-ring (bicyclic) bond motifs is 1. The molecule has 0 fully saturated rings. The molecule has 2 N–H and O–H groups in total. The smallest absolute Gasteiger partial charge is 0.231 e. The molecule has 1 aliphatic heterocycles. The second kappa shape index (κ2) is 4.37. The summed E-state index contributed by atoms with van der Waals surface area (Å²) >= 11 is 0. The number of methoxy groups -OCH3 is 1. The zero-order valence-corrected chi connectivity index (χ0v) is 8.49. The summed E-state index contributed by atoms with van der Waals surface area (Å²) < 4.78 is 15.8. The van der Waals surface area contributed by atoms with Crippen molar-refractivity contribution < 1.29 is 19.0 Å². The standard InChI is InChI=1S/C10H13NO4/c1-12-8-4-7(2-3-15-11)5-9-10(8)14-6-13-9/h4-5H,2-3,6,11H2,1H3. The summed E-state index contributed by atoms with van der Waals surface area (Å²) in [7, 11) is 1.60. The fourth-order valence-corrected chi connectivity index (χ4v) is 1.51. The molecular formula is C10H13NO4. The quantitative estimate of drug-likeness (QED) is 0.748. The predicted molar refractivity (Wildman–Crippen MR) is 53.0 cm³/mol. The van der Waals surface area contributed by atoms with Crippen molar-refractivity contribution in [1.82, 2.24) is 0 Å². The van der Waals surface area contributed by atoms with E-state index in [1.165, 1.54) is 0 Å². The lowest BCUT2D eigenvalue weighted by molar-refractivity contribution is 0.141. The summed E-state index contributed by atoms with van der Waals surface area (Å²) in [5.74, 6) is 7.02. The predicted octanol–water partition coefficient (Wildman–Crippen LogP) is 0.857. The number of hydrogen-bond donors (Lipinski definition) is 1. The zero-order chi connectivity index (χ0) is 10.7. The Balaban J connectivity index is 2.26. The van der Waals surface area contributed by atoms with Gasteiger partial charge >= 0.3 is 0 Å². The second-order valence-corrected chi connectivity index (χ2v) is 3.15. The fourth-order valence-electron chi connectivity index (χ4n) is 1.51. The lowest BCUT2D eigenvalue weighted by atomic mass is 10.1. The minimum absolute atomic E-state index is 0.239. The van der Waals surface area contributed by atoms with E-state index in [1.807, 2.05) is 12.1 Å². The van der Waals surface area contributed by atoms with Crippen LogP contribution in [0.1, 0.15) is 5.56 Å². The van der Waals surface area contributed by atoms with Crippen LogP contribution in [0.2, 0.25) is 0 Å². The molecule has 5 nitrogen and oxygen atoms in total. The number of ether oxygens (including phenoxy) is 3. The lowest BCUT2D eigenvalue weighted by Gasteiger charge is -2.07. The van der Waals surface area contributed by atoms with E-state index in [0.717, 1.165) is 5.56 Å². The maximum atomic E-state index is 5.29. The van der Waals surface area contributed by atoms with Gasteiger partial charge in [0.25, 0.3) is 0 Å². The minimum atomic E-state index is 0.239. The molecule has 2 rings (SSSR count). The molecule has 0 saturated carbocycles. The molecule has 0 spiro atoms. The van der Waals surface area contributed by atoms with Crippen LogP contribution in [0.4, 0.5) is 0 Å². The first-order valence-electron chi connectivity index (χ1n) is 4.63. The molecule has 5 heteroatoms.